The number of hydrogen-bond acceptors (Lipinski definition) is 4. The molecule has 1 aromatic heterocycles. The maximum Gasteiger partial charge on any atom is 0.0637 e. The van der Waals surface area contributed by atoms with Gasteiger partial charge in [-0.3, -0.25) is 4.98 Å². The molecular formula is C16H27N3O. The summed E-state index contributed by atoms with van der Waals surface area (Å²) in [5, 5.41) is 13.5. The van der Waals surface area contributed by atoms with E-state index in [-0.39, 0.29) is 0 Å². The van der Waals surface area contributed by atoms with Crippen LogP contribution >= 0.6 is 0 Å². The van der Waals surface area contributed by atoms with Gasteiger partial charge < -0.3 is 15.3 Å². The van der Waals surface area contributed by atoms with Crippen molar-refractivity contribution in [3.63, 3.8) is 0 Å². The van der Waals surface area contributed by atoms with Gasteiger partial charge in [-0.25, -0.2) is 0 Å². The van der Waals surface area contributed by atoms with E-state index in [4.69, 9.17) is 0 Å². The fraction of sp³-hybridized carbons (Fsp3) is 0.688. The molecule has 4 heteroatoms. The average molecular weight is 277 g/mol. The standard InChI is InChI=1S/C16H27N3O/c1-4-17-13(2)15-7-6-14(12-18-15)19-10-5-8-16(3,20)9-11-19/h6-7,12-13,17,20H,4-5,8-11H2,1-3H3. The molecule has 1 saturated heterocycles. The number of aliphatic hydroxyl groups is 1. The van der Waals surface area contributed by atoms with Gasteiger partial charge in [0.05, 0.1) is 23.2 Å². The summed E-state index contributed by atoms with van der Waals surface area (Å²) >= 11 is 0. The van der Waals surface area contributed by atoms with E-state index in [1.165, 1.54) is 0 Å². The third-order valence-electron chi connectivity index (χ3n) is 4.15. The second-order valence-electron chi connectivity index (χ2n) is 6.06. The molecule has 2 atom stereocenters. The van der Waals surface area contributed by atoms with Crippen LogP contribution in [0.1, 0.15) is 51.8 Å². The summed E-state index contributed by atoms with van der Waals surface area (Å²) in [6.45, 7) is 9.03. The highest BCUT2D eigenvalue weighted by molar-refractivity contribution is 5.45. The molecule has 2 N–H and O–H groups in total. The van der Waals surface area contributed by atoms with Crippen LogP contribution < -0.4 is 10.2 Å². The van der Waals surface area contributed by atoms with Crippen LogP contribution in [0.4, 0.5) is 5.69 Å². The van der Waals surface area contributed by atoms with E-state index in [2.05, 4.69) is 41.2 Å². The molecule has 2 heterocycles. The first-order valence-electron chi connectivity index (χ1n) is 7.68. The molecule has 112 valence electrons. The Hall–Kier alpha value is -1.13. The van der Waals surface area contributed by atoms with Gasteiger partial charge >= 0.3 is 0 Å². The first-order valence-corrected chi connectivity index (χ1v) is 7.68. The molecule has 0 aliphatic carbocycles. The number of nitrogens with zero attached hydrogens (tertiary/aromatic N) is 2. The van der Waals surface area contributed by atoms with Crippen LogP contribution in [0.5, 0.6) is 0 Å². The van der Waals surface area contributed by atoms with Crippen molar-refractivity contribution in [3.8, 4) is 0 Å². The van der Waals surface area contributed by atoms with Crippen LogP contribution in [0.3, 0.4) is 0 Å². The van der Waals surface area contributed by atoms with Crippen molar-refractivity contribution in [2.24, 2.45) is 0 Å². The molecule has 0 saturated carbocycles. The highest BCUT2D eigenvalue weighted by atomic mass is 16.3. The number of pyridine rings is 1. The lowest BCUT2D eigenvalue weighted by Gasteiger charge is -2.24. The summed E-state index contributed by atoms with van der Waals surface area (Å²) in [7, 11) is 0. The van der Waals surface area contributed by atoms with E-state index in [0.717, 1.165) is 50.3 Å². The van der Waals surface area contributed by atoms with Crippen molar-refractivity contribution in [1.82, 2.24) is 10.3 Å². The normalized spacial score (nSPS) is 25.3. The lowest BCUT2D eigenvalue weighted by molar-refractivity contribution is 0.0481. The Morgan fingerprint density at radius 1 is 1.40 bits per heavy atom. The van der Waals surface area contributed by atoms with Gasteiger partial charge in [0.15, 0.2) is 0 Å². The Balaban J connectivity index is 2.02. The Kier molecular flexibility index (Phi) is 5.00. The number of rotatable bonds is 4. The summed E-state index contributed by atoms with van der Waals surface area (Å²) < 4.78 is 0. The van der Waals surface area contributed by atoms with Crippen molar-refractivity contribution in [3.05, 3.63) is 24.0 Å². The van der Waals surface area contributed by atoms with Crippen LogP contribution in [0.2, 0.25) is 0 Å². The van der Waals surface area contributed by atoms with Crippen LogP contribution in [-0.2, 0) is 0 Å². The Morgan fingerprint density at radius 2 is 2.20 bits per heavy atom. The van der Waals surface area contributed by atoms with Crippen molar-refractivity contribution in [2.45, 2.75) is 51.7 Å². The van der Waals surface area contributed by atoms with Crippen molar-refractivity contribution < 1.29 is 5.11 Å². The zero-order chi connectivity index (χ0) is 14.6. The Labute approximate surface area is 122 Å². The molecule has 4 nitrogen and oxygen atoms in total. The molecule has 1 aliphatic heterocycles. The van der Waals surface area contributed by atoms with Gasteiger partial charge in [0.2, 0.25) is 0 Å². The molecule has 0 amide bonds. The predicted molar refractivity (Wildman–Crippen MR) is 83.0 cm³/mol. The first-order chi connectivity index (χ1) is 9.52. The molecule has 0 bridgehead atoms. The number of nitrogens with one attached hydrogen (secondary N) is 1. The van der Waals surface area contributed by atoms with Crippen LogP contribution in [0, 0.1) is 0 Å². The molecular weight excluding hydrogens is 250 g/mol. The molecule has 0 spiro atoms. The van der Waals surface area contributed by atoms with Crippen LogP contribution in [0.25, 0.3) is 0 Å². The van der Waals surface area contributed by atoms with Crippen molar-refractivity contribution in [1.29, 1.82) is 0 Å². The minimum absolute atomic E-state index is 0.291. The van der Waals surface area contributed by atoms with Gasteiger partial charge in [-0.05, 0) is 51.8 Å². The molecule has 2 rings (SSSR count). The Morgan fingerprint density at radius 3 is 2.85 bits per heavy atom. The fourth-order valence-corrected chi connectivity index (χ4v) is 2.77. The van der Waals surface area contributed by atoms with Crippen molar-refractivity contribution in [2.75, 3.05) is 24.5 Å². The minimum atomic E-state index is -0.512. The van der Waals surface area contributed by atoms with E-state index in [1.54, 1.807) is 0 Å². The summed E-state index contributed by atoms with van der Waals surface area (Å²) in [6.07, 6.45) is 4.70. The number of hydrogen-bond donors (Lipinski definition) is 2. The smallest absolute Gasteiger partial charge is 0.0637 e. The van der Waals surface area contributed by atoms with Gasteiger partial charge in [-0.1, -0.05) is 6.92 Å². The van der Waals surface area contributed by atoms with Gasteiger partial charge in [0.1, 0.15) is 0 Å². The summed E-state index contributed by atoms with van der Waals surface area (Å²) in [5.74, 6) is 0. The van der Waals surface area contributed by atoms with Crippen LogP contribution in [-0.4, -0.2) is 35.3 Å². The summed E-state index contributed by atoms with van der Waals surface area (Å²) in [4.78, 5) is 6.90. The van der Waals surface area contributed by atoms with Crippen molar-refractivity contribution >= 4 is 5.69 Å². The third-order valence-corrected chi connectivity index (χ3v) is 4.15. The molecule has 1 fully saturated rings. The molecule has 2 unspecified atom stereocenters. The zero-order valence-corrected chi connectivity index (χ0v) is 12.9. The predicted octanol–water partition coefficient (Wildman–Crippen LogP) is 2.49. The van der Waals surface area contributed by atoms with E-state index < -0.39 is 5.60 Å². The monoisotopic (exact) mass is 277 g/mol. The van der Waals surface area contributed by atoms with Crippen LogP contribution in [0.15, 0.2) is 18.3 Å². The molecule has 1 aliphatic rings. The van der Waals surface area contributed by atoms with E-state index in [9.17, 15) is 5.11 Å². The quantitative estimate of drug-likeness (QED) is 0.888. The van der Waals surface area contributed by atoms with Gasteiger partial charge in [-0.2, -0.15) is 0 Å². The topological polar surface area (TPSA) is 48.4 Å². The van der Waals surface area contributed by atoms with Gasteiger partial charge in [0, 0.05) is 19.1 Å². The van der Waals surface area contributed by atoms with E-state index in [1.807, 2.05) is 13.1 Å². The highest BCUT2D eigenvalue weighted by Gasteiger charge is 2.25. The minimum Gasteiger partial charge on any atom is -0.390 e. The first kappa shape index (κ1) is 15.3. The van der Waals surface area contributed by atoms with Gasteiger partial charge in [-0.15, -0.1) is 0 Å². The second kappa shape index (κ2) is 6.55. The fourth-order valence-electron chi connectivity index (χ4n) is 2.77. The van der Waals surface area contributed by atoms with E-state index in [0.29, 0.717) is 6.04 Å². The number of aromatic nitrogens is 1. The zero-order valence-electron chi connectivity index (χ0n) is 12.9. The lowest BCUT2D eigenvalue weighted by atomic mass is 9.98. The summed E-state index contributed by atoms with van der Waals surface area (Å²) in [6, 6.07) is 4.54. The molecule has 1 aromatic rings. The largest absolute Gasteiger partial charge is 0.390 e. The average Bonchev–Trinajstić information content (AvgIpc) is 2.60. The highest BCUT2D eigenvalue weighted by Crippen LogP contribution is 2.25. The third kappa shape index (κ3) is 3.93. The summed E-state index contributed by atoms with van der Waals surface area (Å²) in [5.41, 5.74) is 1.73. The Bertz CT molecular complexity index is 416. The lowest BCUT2D eigenvalue weighted by Crippen LogP contribution is -2.28. The number of anilines is 1. The van der Waals surface area contributed by atoms with Gasteiger partial charge in [0.25, 0.3) is 0 Å². The maximum atomic E-state index is 10.1. The molecule has 20 heavy (non-hydrogen) atoms. The SMILES string of the molecule is CCNC(C)c1ccc(N2CCCC(C)(O)CC2)cn1. The second-order valence-corrected chi connectivity index (χ2v) is 6.06. The molecule has 0 radical (unpaired) electrons. The maximum absolute atomic E-state index is 10.1. The van der Waals surface area contributed by atoms with E-state index >= 15 is 0 Å². The molecule has 0 aromatic carbocycles.